The minimum absolute atomic E-state index is 0.00465. The van der Waals surface area contributed by atoms with E-state index in [1.54, 1.807) is 30.3 Å². The third-order valence-corrected chi connectivity index (χ3v) is 5.22. The molecule has 0 bridgehead atoms. The summed E-state index contributed by atoms with van der Waals surface area (Å²) in [5.41, 5.74) is 0.784. The number of anilines is 1. The zero-order chi connectivity index (χ0) is 21.8. The van der Waals surface area contributed by atoms with E-state index in [0.29, 0.717) is 25.5 Å². The molecule has 1 amide bonds. The number of para-hydroxylation sites is 1. The molecule has 4 rings (SSSR count). The maximum absolute atomic E-state index is 13.8. The van der Waals surface area contributed by atoms with Gasteiger partial charge in [-0.05, 0) is 36.8 Å². The molecule has 0 radical (unpaired) electrons. The Kier molecular flexibility index (Phi) is 6.06. The Labute approximate surface area is 179 Å². The van der Waals surface area contributed by atoms with Gasteiger partial charge in [0.15, 0.2) is 11.6 Å². The summed E-state index contributed by atoms with van der Waals surface area (Å²) in [6.45, 7) is 3.70. The number of ether oxygens (including phenoxy) is 1. The third-order valence-electron chi connectivity index (χ3n) is 5.22. The smallest absolute Gasteiger partial charge is 0.227 e. The van der Waals surface area contributed by atoms with Gasteiger partial charge in [0.2, 0.25) is 11.8 Å². The number of benzene rings is 2. The van der Waals surface area contributed by atoms with Crippen LogP contribution in [0.25, 0.3) is 0 Å². The molecule has 1 unspecified atom stereocenters. The quantitative estimate of drug-likeness (QED) is 0.623. The van der Waals surface area contributed by atoms with Gasteiger partial charge in [-0.2, -0.15) is 0 Å². The van der Waals surface area contributed by atoms with Crippen LogP contribution >= 0.6 is 0 Å². The lowest BCUT2D eigenvalue weighted by molar-refractivity contribution is -0.132. The molecule has 2 aromatic carbocycles. The number of carbonyl (C=O) groups is 1. The van der Waals surface area contributed by atoms with Crippen molar-refractivity contribution in [2.45, 2.75) is 19.4 Å². The Hall–Kier alpha value is -3.55. The minimum Gasteiger partial charge on any atom is -0.436 e. The average molecular weight is 424 g/mol. The van der Waals surface area contributed by atoms with Gasteiger partial charge in [0.05, 0.1) is 6.42 Å². The van der Waals surface area contributed by atoms with Crippen LogP contribution in [0.5, 0.6) is 11.6 Å². The van der Waals surface area contributed by atoms with Crippen LogP contribution in [0.15, 0.2) is 60.9 Å². The van der Waals surface area contributed by atoms with Crippen molar-refractivity contribution in [3.63, 3.8) is 0 Å². The fourth-order valence-electron chi connectivity index (χ4n) is 3.61. The second-order valence-electron chi connectivity index (χ2n) is 7.43. The Balaban J connectivity index is 1.40. The first kappa shape index (κ1) is 20.7. The molecule has 1 saturated heterocycles. The lowest BCUT2D eigenvalue weighted by Crippen LogP contribution is -2.54. The van der Waals surface area contributed by atoms with Crippen LogP contribution in [0.4, 0.5) is 14.6 Å². The number of amides is 1. The second-order valence-corrected chi connectivity index (χ2v) is 7.43. The van der Waals surface area contributed by atoms with Gasteiger partial charge in [0.1, 0.15) is 18.0 Å². The highest BCUT2D eigenvalue weighted by atomic mass is 19.1. The number of nitrogens with zero attached hydrogens (tertiary/aromatic N) is 4. The number of rotatable bonds is 5. The topological polar surface area (TPSA) is 58.6 Å². The molecule has 3 aromatic rings. The number of hydrogen-bond donors (Lipinski definition) is 0. The van der Waals surface area contributed by atoms with Gasteiger partial charge < -0.3 is 14.5 Å². The number of piperazine rings is 1. The predicted octanol–water partition coefficient (Wildman–Crippen LogP) is 3.83. The van der Waals surface area contributed by atoms with Crippen LogP contribution in [-0.2, 0) is 11.2 Å². The first-order valence-corrected chi connectivity index (χ1v) is 10.0. The zero-order valence-electron chi connectivity index (χ0n) is 17.0. The molecular formula is C23H22F2N4O2. The largest absolute Gasteiger partial charge is 0.436 e. The monoisotopic (exact) mass is 424 g/mol. The van der Waals surface area contributed by atoms with E-state index in [-0.39, 0.29) is 35.8 Å². The summed E-state index contributed by atoms with van der Waals surface area (Å²) < 4.78 is 32.5. The van der Waals surface area contributed by atoms with Gasteiger partial charge in [-0.3, -0.25) is 4.79 Å². The van der Waals surface area contributed by atoms with Crippen molar-refractivity contribution >= 4 is 11.7 Å². The van der Waals surface area contributed by atoms with Crippen LogP contribution in [-0.4, -0.2) is 46.5 Å². The second kappa shape index (κ2) is 9.07. The summed E-state index contributed by atoms with van der Waals surface area (Å²) in [7, 11) is 0. The lowest BCUT2D eigenvalue weighted by atomic mass is 10.1. The van der Waals surface area contributed by atoms with Crippen LogP contribution in [0.1, 0.15) is 12.5 Å². The molecule has 0 aliphatic carbocycles. The van der Waals surface area contributed by atoms with Crippen LogP contribution < -0.4 is 9.64 Å². The molecular weight excluding hydrogens is 402 g/mol. The van der Waals surface area contributed by atoms with Gasteiger partial charge in [0, 0.05) is 31.7 Å². The summed E-state index contributed by atoms with van der Waals surface area (Å²) in [6, 6.07) is 13.7. The Morgan fingerprint density at radius 1 is 1.10 bits per heavy atom. The van der Waals surface area contributed by atoms with E-state index >= 15 is 0 Å². The van der Waals surface area contributed by atoms with Gasteiger partial charge in [-0.25, -0.2) is 18.7 Å². The van der Waals surface area contributed by atoms with E-state index in [4.69, 9.17) is 4.74 Å². The normalized spacial score (nSPS) is 16.3. The molecule has 1 aliphatic heterocycles. The molecule has 1 fully saturated rings. The number of halogens is 2. The van der Waals surface area contributed by atoms with Crippen molar-refractivity contribution in [1.29, 1.82) is 0 Å². The van der Waals surface area contributed by atoms with Crippen molar-refractivity contribution in [3.8, 4) is 11.6 Å². The fraction of sp³-hybridized carbons (Fsp3) is 0.261. The van der Waals surface area contributed by atoms with E-state index in [1.165, 1.54) is 30.6 Å². The number of aromatic nitrogens is 2. The molecule has 0 spiro atoms. The highest BCUT2D eigenvalue weighted by Crippen LogP contribution is 2.25. The van der Waals surface area contributed by atoms with Crippen molar-refractivity contribution in [2.24, 2.45) is 0 Å². The molecule has 8 heteroatoms. The van der Waals surface area contributed by atoms with E-state index < -0.39 is 5.82 Å². The van der Waals surface area contributed by atoms with E-state index in [0.717, 1.165) is 5.56 Å². The standard InChI is InChI=1S/C23H22F2N4O2/c1-16-14-28(10-11-29(16)23(30)12-17-6-8-18(24)9-7-17)21-13-22(27-15-26-21)31-20-5-3-2-4-19(20)25/h2-9,13,15-16H,10-12,14H2,1H3. The first-order valence-electron chi connectivity index (χ1n) is 10.0. The van der Waals surface area contributed by atoms with E-state index in [9.17, 15) is 13.6 Å². The van der Waals surface area contributed by atoms with Gasteiger partial charge in [0.25, 0.3) is 0 Å². The zero-order valence-corrected chi connectivity index (χ0v) is 17.0. The summed E-state index contributed by atoms with van der Waals surface area (Å²) in [6.07, 6.45) is 1.61. The molecule has 0 saturated carbocycles. The number of carbonyl (C=O) groups excluding carboxylic acids is 1. The minimum atomic E-state index is -0.468. The van der Waals surface area contributed by atoms with Gasteiger partial charge >= 0.3 is 0 Å². The molecule has 160 valence electrons. The molecule has 2 heterocycles. The van der Waals surface area contributed by atoms with Gasteiger partial charge in [-0.1, -0.05) is 24.3 Å². The Bertz CT molecular complexity index is 1060. The Morgan fingerprint density at radius 3 is 2.61 bits per heavy atom. The average Bonchev–Trinajstić information content (AvgIpc) is 2.77. The van der Waals surface area contributed by atoms with Crippen molar-refractivity contribution in [2.75, 3.05) is 24.5 Å². The number of hydrogen-bond acceptors (Lipinski definition) is 5. The third kappa shape index (κ3) is 4.96. The molecule has 6 nitrogen and oxygen atoms in total. The molecule has 1 aromatic heterocycles. The first-order chi connectivity index (χ1) is 15.0. The summed E-state index contributed by atoms with van der Waals surface area (Å²) in [5.74, 6) is 0.212. The molecule has 1 aliphatic rings. The predicted molar refractivity (Wildman–Crippen MR) is 112 cm³/mol. The van der Waals surface area contributed by atoms with E-state index in [2.05, 4.69) is 9.97 Å². The fourth-order valence-corrected chi connectivity index (χ4v) is 3.61. The summed E-state index contributed by atoms with van der Waals surface area (Å²) in [5, 5.41) is 0. The van der Waals surface area contributed by atoms with Gasteiger partial charge in [-0.15, -0.1) is 0 Å². The molecule has 1 atom stereocenters. The highest BCUT2D eigenvalue weighted by molar-refractivity contribution is 5.79. The summed E-state index contributed by atoms with van der Waals surface area (Å²) in [4.78, 5) is 25.0. The maximum atomic E-state index is 13.8. The van der Waals surface area contributed by atoms with Crippen molar-refractivity contribution < 1.29 is 18.3 Å². The van der Waals surface area contributed by atoms with Crippen LogP contribution in [0.3, 0.4) is 0 Å². The maximum Gasteiger partial charge on any atom is 0.227 e. The SMILES string of the molecule is CC1CN(c2cc(Oc3ccccc3F)ncn2)CCN1C(=O)Cc1ccc(F)cc1. The van der Waals surface area contributed by atoms with Crippen molar-refractivity contribution in [1.82, 2.24) is 14.9 Å². The highest BCUT2D eigenvalue weighted by Gasteiger charge is 2.28. The van der Waals surface area contributed by atoms with Crippen LogP contribution in [0, 0.1) is 11.6 Å². The van der Waals surface area contributed by atoms with Crippen LogP contribution in [0.2, 0.25) is 0 Å². The van der Waals surface area contributed by atoms with E-state index in [1.807, 2.05) is 16.7 Å². The summed E-state index contributed by atoms with van der Waals surface area (Å²) >= 11 is 0. The molecule has 31 heavy (non-hydrogen) atoms. The lowest BCUT2D eigenvalue weighted by Gasteiger charge is -2.40. The molecule has 0 N–H and O–H groups in total. The Morgan fingerprint density at radius 2 is 1.87 bits per heavy atom. The van der Waals surface area contributed by atoms with Crippen molar-refractivity contribution in [3.05, 3.63) is 78.1 Å².